The van der Waals surface area contributed by atoms with E-state index in [1.54, 1.807) is 0 Å². The summed E-state index contributed by atoms with van der Waals surface area (Å²) in [5, 5.41) is 8.95. The van der Waals surface area contributed by atoms with E-state index >= 15 is 0 Å². The second kappa shape index (κ2) is 6.98. The molecule has 1 aliphatic heterocycles. The van der Waals surface area contributed by atoms with Gasteiger partial charge in [0.2, 0.25) is 10.0 Å². The van der Waals surface area contributed by atoms with Crippen molar-refractivity contribution in [3.8, 4) is 6.07 Å². The van der Waals surface area contributed by atoms with Gasteiger partial charge in [-0.25, -0.2) is 8.42 Å². The minimum absolute atomic E-state index is 0.119. The SMILES string of the molecule is C[C@@]12[C@@H]3C[C@H]([C@@H](OS(=O)(=O)C(F)(F)F)C3)[C@@H]1CN(c1ccc(C#N)c(C(F)(F)F)c1)S2(=O)=O. The molecule has 0 aromatic heterocycles. The first-order valence-corrected chi connectivity index (χ1v) is 12.4. The first kappa shape index (κ1) is 24.1. The first-order chi connectivity index (χ1) is 14.9. The molecule has 1 aromatic carbocycles. The van der Waals surface area contributed by atoms with Crippen LogP contribution in [0.25, 0.3) is 0 Å². The molecule has 7 nitrogen and oxygen atoms in total. The molecule has 1 heterocycles. The van der Waals surface area contributed by atoms with Crippen molar-refractivity contribution in [3.63, 3.8) is 0 Å². The lowest BCUT2D eigenvalue weighted by Gasteiger charge is -2.36. The molecule has 0 N–H and O–H groups in total. The molecule has 0 unspecified atom stereocenters. The predicted octanol–water partition coefficient (Wildman–Crippen LogP) is 3.38. The van der Waals surface area contributed by atoms with Gasteiger partial charge in [0.05, 0.1) is 33.7 Å². The summed E-state index contributed by atoms with van der Waals surface area (Å²) in [7, 11) is -10.2. The van der Waals surface area contributed by atoms with Gasteiger partial charge in [0.15, 0.2) is 0 Å². The lowest BCUT2D eigenvalue weighted by Crippen LogP contribution is -2.48. The Hall–Kier alpha value is -2.05. The number of hydrogen-bond donors (Lipinski definition) is 0. The molecular formula is C18H16F6N2O5S2. The number of halogens is 6. The highest BCUT2D eigenvalue weighted by atomic mass is 32.2. The second-order valence-corrected chi connectivity index (χ2v) is 12.4. The number of sulfonamides is 1. The molecule has 15 heteroatoms. The summed E-state index contributed by atoms with van der Waals surface area (Å²) in [4.78, 5) is 0. The zero-order valence-corrected chi connectivity index (χ0v) is 18.3. The summed E-state index contributed by atoms with van der Waals surface area (Å²) in [5.41, 5.74) is -7.99. The van der Waals surface area contributed by atoms with Crippen LogP contribution in [0.15, 0.2) is 18.2 Å². The number of rotatable bonds is 3. The molecule has 3 fully saturated rings. The average Bonchev–Trinajstić information content (AvgIpc) is 3.26. The molecule has 182 valence electrons. The van der Waals surface area contributed by atoms with Crippen LogP contribution in [-0.2, 0) is 30.5 Å². The van der Waals surface area contributed by atoms with E-state index in [2.05, 4.69) is 4.18 Å². The Labute approximate surface area is 185 Å². The van der Waals surface area contributed by atoms with Crippen molar-refractivity contribution in [2.45, 2.75) is 42.3 Å². The van der Waals surface area contributed by atoms with Crippen LogP contribution in [0.3, 0.4) is 0 Å². The van der Waals surface area contributed by atoms with Gasteiger partial charge in [0, 0.05) is 12.5 Å². The Morgan fingerprint density at radius 3 is 2.36 bits per heavy atom. The Balaban J connectivity index is 1.70. The van der Waals surface area contributed by atoms with Gasteiger partial charge < -0.3 is 0 Å². The van der Waals surface area contributed by atoms with Crippen LogP contribution >= 0.6 is 0 Å². The number of nitrogens with zero attached hydrogens (tertiary/aromatic N) is 2. The highest BCUT2D eigenvalue weighted by Crippen LogP contribution is 2.63. The monoisotopic (exact) mass is 518 g/mol. The minimum Gasteiger partial charge on any atom is -0.269 e. The first-order valence-electron chi connectivity index (χ1n) is 9.58. The zero-order valence-electron chi connectivity index (χ0n) is 16.7. The van der Waals surface area contributed by atoms with Crippen molar-refractivity contribution in [2.75, 3.05) is 10.8 Å². The van der Waals surface area contributed by atoms with Crippen molar-refractivity contribution in [3.05, 3.63) is 29.3 Å². The van der Waals surface area contributed by atoms with Gasteiger partial charge >= 0.3 is 21.8 Å². The van der Waals surface area contributed by atoms with Gasteiger partial charge in [-0.2, -0.15) is 40.0 Å². The summed E-state index contributed by atoms with van der Waals surface area (Å²) < 4.78 is 132. The summed E-state index contributed by atoms with van der Waals surface area (Å²) in [6.07, 6.45) is -6.44. The minimum atomic E-state index is -5.89. The van der Waals surface area contributed by atoms with E-state index in [9.17, 15) is 43.2 Å². The van der Waals surface area contributed by atoms with Crippen LogP contribution in [0.1, 0.15) is 30.9 Å². The van der Waals surface area contributed by atoms with E-state index < -0.39 is 71.6 Å². The van der Waals surface area contributed by atoms with Gasteiger partial charge in [0.25, 0.3) is 0 Å². The molecule has 0 spiro atoms. The van der Waals surface area contributed by atoms with Gasteiger partial charge in [-0.15, -0.1) is 0 Å². The summed E-state index contributed by atoms with van der Waals surface area (Å²) in [6.45, 7) is 1.02. The zero-order chi connectivity index (χ0) is 24.8. The van der Waals surface area contributed by atoms with Crippen molar-refractivity contribution < 1.29 is 47.4 Å². The maximum atomic E-state index is 13.4. The molecule has 2 bridgehead atoms. The van der Waals surface area contributed by atoms with Gasteiger partial charge in [-0.1, -0.05) is 0 Å². The lowest BCUT2D eigenvalue weighted by atomic mass is 9.78. The molecule has 0 amide bonds. The Morgan fingerprint density at radius 1 is 1.18 bits per heavy atom. The van der Waals surface area contributed by atoms with Gasteiger partial charge in [-0.3, -0.25) is 8.49 Å². The van der Waals surface area contributed by atoms with Crippen LogP contribution in [-0.4, -0.2) is 39.7 Å². The Bertz CT molecular complexity index is 1250. The quantitative estimate of drug-likeness (QED) is 0.345. The number of fused-ring (bicyclic) bond motifs is 5. The third-order valence-corrected chi connectivity index (χ3v) is 10.8. The molecule has 1 saturated heterocycles. The third kappa shape index (κ3) is 3.32. The van der Waals surface area contributed by atoms with E-state index in [0.717, 1.165) is 16.4 Å². The van der Waals surface area contributed by atoms with Crippen molar-refractivity contribution in [2.24, 2.45) is 17.8 Å². The van der Waals surface area contributed by atoms with Crippen LogP contribution in [0.2, 0.25) is 0 Å². The van der Waals surface area contributed by atoms with Crippen LogP contribution < -0.4 is 4.31 Å². The summed E-state index contributed by atoms with van der Waals surface area (Å²) >= 11 is 0. The summed E-state index contributed by atoms with van der Waals surface area (Å²) in [5.74, 6) is -2.45. The smallest absolute Gasteiger partial charge is 0.269 e. The van der Waals surface area contributed by atoms with Crippen molar-refractivity contribution >= 4 is 25.8 Å². The number of anilines is 1. The van der Waals surface area contributed by atoms with Crippen LogP contribution in [0.5, 0.6) is 0 Å². The number of benzene rings is 1. The van der Waals surface area contributed by atoms with Gasteiger partial charge in [-0.05, 0) is 49.8 Å². The fourth-order valence-electron chi connectivity index (χ4n) is 5.48. The second-order valence-electron chi connectivity index (χ2n) is 8.53. The topological polar surface area (TPSA) is 105 Å². The van der Waals surface area contributed by atoms with E-state index in [-0.39, 0.29) is 25.1 Å². The normalized spacial score (nSPS) is 33.2. The average molecular weight is 518 g/mol. The Morgan fingerprint density at radius 2 is 1.82 bits per heavy atom. The molecule has 0 radical (unpaired) electrons. The molecule has 2 saturated carbocycles. The largest absolute Gasteiger partial charge is 0.523 e. The summed E-state index contributed by atoms with van der Waals surface area (Å²) in [6, 6.07) is 3.85. The lowest BCUT2D eigenvalue weighted by molar-refractivity contribution is -0.137. The van der Waals surface area contributed by atoms with Gasteiger partial charge in [0.1, 0.15) is 0 Å². The number of nitriles is 1. The van der Waals surface area contributed by atoms with E-state index in [1.807, 2.05) is 0 Å². The highest BCUT2D eigenvalue weighted by Gasteiger charge is 2.71. The molecule has 33 heavy (non-hydrogen) atoms. The molecule has 1 aromatic rings. The van der Waals surface area contributed by atoms with Crippen LogP contribution in [0, 0.1) is 29.1 Å². The highest BCUT2D eigenvalue weighted by molar-refractivity contribution is 7.94. The Kier molecular flexibility index (Phi) is 5.10. The maximum Gasteiger partial charge on any atom is 0.523 e. The van der Waals surface area contributed by atoms with E-state index in [4.69, 9.17) is 5.26 Å². The predicted molar refractivity (Wildman–Crippen MR) is 100 cm³/mol. The molecule has 2 aliphatic carbocycles. The molecule has 3 aliphatic rings. The molecule has 4 rings (SSSR count). The fourth-order valence-corrected chi connectivity index (χ4v) is 8.60. The van der Waals surface area contributed by atoms with E-state index in [1.165, 1.54) is 13.0 Å². The molecule has 5 atom stereocenters. The standard InChI is InChI=1S/C18H16F6N2O5S2/c1-16-10-4-12(15(5-10)31-33(29,30)18(22,23)24)14(16)8-26(32(16,27)28)11-3-2-9(7-25)13(6-11)17(19,20)21/h2-3,6,10,12,14-15H,4-5,8H2,1H3/t10-,12+,14+,15+,16-/m1/s1. The number of alkyl halides is 6. The fraction of sp³-hybridized carbons (Fsp3) is 0.611. The maximum absolute atomic E-state index is 13.4. The number of hydrogen-bond acceptors (Lipinski definition) is 6. The van der Waals surface area contributed by atoms with Crippen molar-refractivity contribution in [1.82, 2.24) is 0 Å². The van der Waals surface area contributed by atoms with Crippen molar-refractivity contribution in [1.29, 1.82) is 5.26 Å². The third-order valence-electron chi connectivity index (χ3n) is 7.07. The van der Waals surface area contributed by atoms with E-state index in [0.29, 0.717) is 6.07 Å². The molecular weight excluding hydrogens is 502 g/mol. The van der Waals surface area contributed by atoms with Crippen LogP contribution in [0.4, 0.5) is 32.0 Å².